The molecule has 126 valence electrons. The van der Waals surface area contributed by atoms with Gasteiger partial charge in [0.25, 0.3) is 6.02 Å². The Morgan fingerprint density at radius 2 is 1.88 bits per heavy atom. The van der Waals surface area contributed by atoms with Crippen LogP contribution in [-0.2, 0) is 10.3 Å². The van der Waals surface area contributed by atoms with Gasteiger partial charge in [0.05, 0.1) is 14.2 Å². The summed E-state index contributed by atoms with van der Waals surface area (Å²) in [4.78, 5) is 4.60. The Morgan fingerprint density at radius 3 is 2.46 bits per heavy atom. The third kappa shape index (κ3) is 3.68. The molecule has 1 atom stereocenters. The highest BCUT2D eigenvalue weighted by molar-refractivity contribution is 5.72. The Balaban J connectivity index is 2.58. The Kier molecular flexibility index (Phi) is 5.47. The van der Waals surface area contributed by atoms with Crippen molar-refractivity contribution in [1.82, 2.24) is 0 Å². The van der Waals surface area contributed by atoms with Gasteiger partial charge in [0, 0.05) is 5.69 Å². The van der Waals surface area contributed by atoms with E-state index in [1.165, 1.54) is 7.11 Å². The molecular formula is C19H23N3O2. The maximum absolute atomic E-state index is 5.86. The topological polar surface area (TPSA) is 68.9 Å². The molecule has 0 radical (unpaired) electrons. The minimum absolute atomic E-state index is 0.121. The first-order chi connectivity index (χ1) is 11.5. The second kappa shape index (κ2) is 7.55. The van der Waals surface area contributed by atoms with Crippen molar-refractivity contribution in [2.45, 2.75) is 12.5 Å². The smallest absolute Gasteiger partial charge is 0.282 e. The van der Waals surface area contributed by atoms with Crippen LogP contribution in [0.4, 0.5) is 5.69 Å². The molecule has 5 nitrogen and oxygen atoms in total. The van der Waals surface area contributed by atoms with Crippen molar-refractivity contribution >= 4 is 11.7 Å². The zero-order valence-electron chi connectivity index (χ0n) is 14.2. The summed E-state index contributed by atoms with van der Waals surface area (Å²) in [5, 5.41) is 3.09. The molecule has 0 aliphatic rings. The molecule has 0 fully saturated rings. The highest BCUT2D eigenvalue weighted by Crippen LogP contribution is 2.35. The summed E-state index contributed by atoms with van der Waals surface area (Å²) >= 11 is 0. The minimum atomic E-state index is -0.703. The van der Waals surface area contributed by atoms with Gasteiger partial charge in [-0.05, 0) is 48.5 Å². The summed E-state index contributed by atoms with van der Waals surface area (Å²) in [6, 6.07) is 15.8. The van der Waals surface area contributed by atoms with Gasteiger partial charge < -0.3 is 20.5 Å². The molecule has 0 aliphatic carbocycles. The number of nitrogens with two attached hydrogens (primary N) is 1. The van der Waals surface area contributed by atoms with Gasteiger partial charge in [0.1, 0.15) is 11.3 Å². The zero-order chi connectivity index (χ0) is 17.6. The van der Waals surface area contributed by atoms with Crippen LogP contribution >= 0.6 is 0 Å². The van der Waals surface area contributed by atoms with Crippen LogP contribution in [0, 0.1) is 0 Å². The lowest BCUT2D eigenvalue weighted by Crippen LogP contribution is -2.27. The predicted molar refractivity (Wildman–Crippen MR) is 98.3 cm³/mol. The normalized spacial score (nSPS) is 13.7. The second-order valence-corrected chi connectivity index (χ2v) is 5.38. The third-order valence-electron chi connectivity index (χ3n) is 3.89. The fraction of sp³-hybridized carbons (Fsp3) is 0.211. The first kappa shape index (κ1) is 17.4. The lowest BCUT2D eigenvalue weighted by molar-refractivity contribution is 0.385. The van der Waals surface area contributed by atoms with Crippen molar-refractivity contribution in [3.8, 4) is 5.75 Å². The average molecular weight is 325 g/mol. The summed E-state index contributed by atoms with van der Waals surface area (Å²) in [7, 11) is 3.14. The van der Waals surface area contributed by atoms with Crippen molar-refractivity contribution < 1.29 is 9.47 Å². The van der Waals surface area contributed by atoms with Crippen LogP contribution in [0.2, 0.25) is 0 Å². The molecule has 0 bridgehead atoms. The molecule has 0 heterocycles. The molecule has 0 amide bonds. The van der Waals surface area contributed by atoms with E-state index in [9.17, 15) is 0 Å². The van der Waals surface area contributed by atoms with E-state index in [-0.39, 0.29) is 6.02 Å². The van der Waals surface area contributed by atoms with Gasteiger partial charge in [-0.1, -0.05) is 30.8 Å². The van der Waals surface area contributed by atoms with Crippen molar-refractivity contribution in [1.29, 1.82) is 0 Å². The van der Waals surface area contributed by atoms with Crippen LogP contribution in [0.5, 0.6) is 5.75 Å². The minimum Gasteiger partial charge on any atom is -0.497 e. The van der Waals surface area contributed by atoms with E-state index in [0.29, 0.717) is 0 Å². The fourth-order valence-electron chi connectivity index (χ4n) is 2.51. The van der Waals surface area contributed by atoms with Crippen LogP contribution in [0.1, 0.15) is 18.1 Å². The summed E-state index contributed by atoms with van der Waals surface area (Å²) in [5.74, 6) is 0.784. The van der Waals surface area contributed by atoms with Crippen LogP contribution in [0.15, 0.2) is 66.3 Å². The van der Waals surface area contributed by atoms with Crippen LogP contribution in [-0.4, -0.2) is 20.2 Å². The Hall–Kier alpha value is -2.95. The van der Waals surface area contributed by atoms with E-state index in [4.69, 9.17) is 15.2 Å². The first-order valence-electron chi connectivity index (χ1n) is 7.55. The third-order valence-corrected chi connectivity index (χ3v) is 3.89. The van der Waals surface area contributed by atoms with E-state index in [2.05, 4.69) is 16.9 Å². The quantitative estimate of drug-likeness (QED) is 0.630. The highest BCUT2D eigenvalue weighted by atomic mass is 16.5. The van der Waals surface area contributed by atoms with Gasteiger partial charge in [-0.25, -0.2) is 4.99 Å². The van der Waals surface area contributed by atoms with E-state index < -0.39 is 5.54 Å². The zero-order valence-corrected chi connectivity index (χ0v) is 14.2. The summed E-state index contributed by atoms with van der Waals surface area (Å²) in [5.41, 5.74) is 8.02. The first-order valence-corrected chi connectivity index (χ1v) is 7.55. The van der Waals surface area contributed by atoms with Crippen LogP contribution in [0.25, 0.3) is 0 Å². The van der Waals surface area contributed by atoms with Gasteiger partial charge in [-0.3, -0.25) is 0 Å². The lowest BCUT2D eigenvalue weighted by Gasteiger charge is -2.27. The highest BCUT2D eigenvalue weighted by Gasteiger charge is 2.29. The number of benzene rings is 2. The van der Waals surface area contributed by atoms with Crippen molar-refractivity contribution in [2.24, 2.45) is 10.7 Å². The molecule has 2 aromatic rings. The average Bonchev–Trinajstić information content (AvgIpc) is 2.62. The molecule has 2 aromatic carbocycles. The Labute approximate surface area is 142 Å². The second-order valence-electron chi connectivity index (χ2n) is 5.38. The number of hydrogen-bond acceptors (Lipinski definition) is 4. The Morgan fingerprint density at radius 1 is 1.17 bits per heavy atom. The molecule has 0 spiro atoms. The Bertz CT molecular complexity index is 726. The van der Waals surface area contributed by atoms with Gasteiger partial charge in [0.15, 0.2) is 0 Å². The van der Waals surface area contributed by atoms with E-state index in [1.807, 2.05) is 55.5 Å². The van der Waals surface area contributed by atoms with E-state index in [1.54, 1.807) is 13.3 Å². The maximum Gasteiger partial charge on any atom is 0.282 e. The molecule has 1 unspecified atom stereocenters. The predicted octanol–water partition coefficient (Wildman–Crippen LogP) is 3.48. The van der Waals surface area contributed by atoms with Crippen LogP contribution in [0.3, 0.4) is 0 Å². The number of nitrogens with zero attached hydrogens (tertiary/aromatic N) is 1. The summed E-state index contributed by atoms with van der Waals surface area (Å²) < 4.78 is 10.3. The molecule has 2 rings (SSSR count). The van der Waals surface area contributed by atoms with Gasteiger partial charge in [0.2, 0.25) is 0 Å². The maximum atomic E-state index is 5.86. The standard InChI is InChI=1S/C19H23N3O2/c1-5-21-16-8-6-7-15(13-16)19(2,22-18(20)24-4)14-9-11-17(23-3)12-10-14/h5-13,21H,1H2,2-4H3,(H2,20,22). The molecule has 24 heavy (non-hydrogen) atoms. The number of ether oxygens (including phenoxy) is 2. The number of aliphatic imine (C=N–C) groups is 1. The molecular weight excluding hydrogens is 302 g/mol. The number of hydrogen-bond donors (Lipinski definition) is 2. The summed E-state index contributed by atoms with van der Waals surface area (Å²) in [6.07, 6.45) is 1.64. The fourth-order valence-corrected chi connectivity index (χ4v) is 2.51. The molecule has 0 saturated carbocycles. The summed E-state index contributed by atoms with van der Waals surface area (Å²) in [6.45, 7) is 5.69. The number of amidine groups is 1. The molecule has 0 saturated heterocycles. The van der Waals surface area contributed by atoms with Crippen molar-refractivity contribution in [3.63, 3.8) is 0 Å². The van der Waals surface area contributed by atoms with Crippen molar-refractivity contribution in [3.05, 3.63) is 72.4 Å². The largest absolute Gasteiger partial charge is 0.497 e. The monoisotopic (exact) mass is 325 g/mol. The number of methoxy groups -OCH3 is 2. The molecule has 5 heteroatoms. The van der Waals surface area contributed by atoms with E-state index >= 15 is 0 Å². The SMILES string of the molecule is C=CNc1cccc(C(C)(N=C(N)OC)c2ccc(OC)cc2)c1. The molecule has 3 N–H and O–H groups in total. The van der Waals surface area contributed by atoms with Gasteiger partial charge in [-0.15, -0.1) is 0 Å². The van der Waals surface area contributed by atoms with Crippen LogP contribution < -0.4 is 15.8 Å². The number of anilines is 1. The van der Waals surface area contributed by atoms with Crippen molar-refractivity contribution in [2.75, 3.05) is 19.5 Å². The molecule has 0 aliphatic heterocycles. The molecule has 0 aromatic heterocycles. The number of rotatable bonds is 6. The van der Waals surface area contributed by atoms with Gasteiger partial charge in [-0.2, -0.15) is 0 Å². The lowest BCUT2D eigenvalue weighted by atomic mass is 9.85. The number of nitrogens with one attached hydrogen (secondary N) is 1. The van der Waals surface area contributed by atoms with Gasteiger partial charge >= 0.3 is 0 Å². The van der Waals surface area contributed by atoms with E-state index in [0.717, 1.165) is 22.6 Å².